The second-order valence-corrected chi connectivity index (χ2v) is 9.98. The highest BCUT2D eigenvalue weighted by Gasteiger charge is 2.18. The van der Waals surface area contributed by atoms with Crippen LogP contribution < -0.4 is 0 Å². The van der Waals surface area contributed by atoms with Crippen LogP contribution >= 0.6 is 12.6 Å². The summed E-state index contributed by atoms with van der Waals surface area (Å²) in [6.45, 7) is 0. The predicted molar refractivity (Wildman–Crippen MR) is 163 cm³/mol. The lowest BCUT2D eigenvalue weighted by atomic mass is 9.84. The van der Waals surface area contributed by atoms with Crippen molar-refractivity contribution in [2.24, 2.45) is 0 Å². The SMILES string of the molecule is Sc1ccc(-c2c3ccccc3c(-c3ccc(-c4ccccc4)c4ccccc34)c3ccccc23)cc1. The fraction of sp³-hybridized carbons (Fsp3) is 0. The van der Waals surface area contributed by atoms with Gasteiger partial charge in [-0.15, -0.1) is 12.6 Å². The average molecular weight is 489 g/mol. The minimum atomic E-state index is 0.971. The van der Waals surface area contributed by atoms with Crippen molar-refractivity contribution in [3.05, 3.63) is 140 Å². The first-order valence-electron chi connectivity index (χ1n) is 12.6. The molecule has 37 heavy (non-hydrogen) atoms. The summed E-state index contributed by atoms with van der Waals surface area (Å²) in [5, 5.41) is 7.60. The molecule has 0 fully saturated rings. The standard InChI is InChI=1S/C36H24S/c37-26-20-18-25(19-21-26)35-30-14-6-8-16-32(30)36(33-17-9-7-15-31(33)35)34-23-22-27(24-10-2-1-3-11-24)28-12-4-5-13-29(28)34/h1-23,37H. The van der Waals surface area contributed by atoms with Gasteiger partial charge in [-0.1, -0.05) is 127 Å². The summed E-state index contributed by atoms with van der Waals surface area (Å²) in [7, 11) is 0. The molecule has 0 amide bonds. The quantitative estimate of drug-likeness (QED) is 0.186. The van der Waals surface area contributed by atoms with E-state index in [9.17, 15) is 0 Å². The van der Waals surface area contributed by atoms with Gasteiger partial charge in [0.2, 0.25) is 0 Å². The Morgan fingerprint density at radius 3 is 1.30 bits per heavy atom. The van der Waals surface area contributed by atoms with E-state index < -0.39 is 0 Å². The maximum atomic E-state index is 4.52. The molecule has 0 N–H and O–H groups in total. The first kappa shape index (κ1) is 21.9. The molecule has 0 unspecified atom stereocenters. The van der Waals surface area contributed by atoms with E-state index in [1.165, 1.54) is 65.7 Å². The minimum absolute atomic E-state index is 0.971. The highest BCUT2D eigenvalue weighted by atomic mass is 32.1. The van der Waals surface area contributed by atoms with Gasteiger partial charge >= 0.3 is 0 Å². The van der Waals surface area contributed by atoms with Gasteiger partial charge in [-0.05, 0) is 77.8 Å². The van der Waals surface area contributed by atoms with Crippen LogP contribution in [0.5, 0.6) is 0 Å². The van der Waals surface area contributed by atoms with Gasteiger partial charge in [-0.2, -0.15) is 0 Å². The lowest BCUT2D eigenvalue weighted by Gasteiger charge is -2.19. The van der Waals surface area contributed by atoms with Crippen LogP contribution in [0.1, 0.15) is 0 Å². The van der Waals surface area contributed by atoms with Gasteiger partial charge in [0.15, 0.2) is 0 Å². The molecule has 1 heteroatoms. The van der Waals surface area contributed by atoms with Gasteiger partial charge in [0, 0.05) is 4.90 Å². The van der Waals surface area contributed by atoms with E-state index in [0.717, 1.165) is 4.90 Å². The van der Waals surface area contributed by atoms with E-state index in [0.29, 0.717) is 0 Å². The number of thiol groups is 1. The number of hydrogen-bond donors (Lipinski definition) is 1. The number of benzene rings is 7. The van der Waals surface area contributed by atoms with E-state index in [-0.39, 0.29) is 0 Å². The molecule has 0 bridgehead atoms. The van der Waals surface area contributed by atoms with Crippen molar-refractivity contribution >= 4 is 44.9 Å². The van der Waals surface area contributed by atoms with Crippen LogP contribution in [0.25, 0.3) is 65.7 Å². The van der Waals surface area contributed by atoms with Crippen LogP contribution in [0.15, 0.2) is 144 Å². The highest BCUT2D eigenvalue weighted by molar-refractivity contribution is 7.80. The zero-order valence-electron chi connectivity index (χ0n) is 20.2. The Balaban J connectivity index is 1.61. The molecule has 0 radical (unpaired) electrons. The van der Waals surface area contributed by atoms with Gasteiger partial charge in [-0.25, -0.2) is 0 Å². The molecule has 0 aliphatic carbocycles. The van der Waals surface area contributed by atoms with Crippen molar-refractivity contribution in [1.29, 1.82) is 0 Å². The Labute approximate surface area is 222 Å². The maximum absolute atomic E-state index is 4.52. The van der Waals surface area contributed by atoms with Crippen LogP contribution in [-0.2, 0) is 0 Å². The Kier molecular flexibility index (Phi) is 5.30. The van der Waals surface area contributed by atoms with Crippen LogP contribution in [-0.4, -0.2) is 0 Å². The smallest absolute Gasteiger partial charge is 0.00404 e. The third kappa shape index (κ3) is 3.63. The second kappa shape index (κ2) is 8.96. The summed E-state index contributed by atoms with van der Waals surface area (Å²) in [4.78, 5) is 0.971. The molecule has 7 aromatic rings. The Hall–Kier alpha value is -4.33. The molecule has 7 aromatic carbocycles. The van der Waals surface area contributed by atoms with Crippen molar-refractivity contribution in [3.63, 3.8) is 0 Å². The third-order valence-electron chi connectivity index (χ3n) is 7.37. The molecule has 0 saturated carbocycles. The molecule has 0 spiro atoms. The van der Waals surface area contributed by atoms with E-state index in [2.05, 4.69) is 152 Å². The number of hydrogen-bond acceptors (Lipinski definition) is 1. The van der Waals surface area contributed by atoms with Gasteiger partial charge in [0.25, 0.3) is 0 Å². The van der Waals surface area contributed by atoms with E-state index in [1.54, 1.807) is 0 Å². The molecule has 0 aliphatic heterocycles. The third-order valence-corrected chi connectivity index (χ3v) is 7.66. The normalized spacial score (nSPS) is 11.4. The summed E-state index contributed by atoms with van der Waals surface area (Å²) < 4.78 is 0. The van der Waals surface area contributed by atoms with Crippen molar-refractivity contribution in [2.75, 3.05) is 0 Å². The maximum Gasteiger partial charge on any atom is 0.00404 e. The van der Waals surface area contributed by atoms with Gasteiger partial charge in [0.05, 0.1) is 0 Å². The van der Waals surface area contributed by atoms with Gasteiger partial charge < -0.3 is 0 Å². The largest absolute Gasteiger partial charge is 0.143 e. The van der Waals surface area contributed by atoms with Crippen LogP contribution in [0.4, 0.5) is 0 Å². The molecule has 0 aliphatic rings. The lowest BCUT2D eigenvalue weighted by Crippen LogP contribution is -1.92. The molecule has 174 valence electrons. The molecule has 0 heterocycles. The zero-order chi connectivity index (χ0) is 24.8. The summed E-state index contributed by atoms with van der Waals surface area (Å²) in [6.07, 6.45) is 0. The second-order valence-electron chi connectivity index (χ2n) is 9.46. The average Bonchev–Trinajstić information content (AvgIpc) is 2.96. The molecule has 0 saturated heterocycles. The first-order chi connectivity index (χ1) is 18.3. The molecular formula is C36H24S. The number of fused-ring (bicyclic) bond motifs is 3. The fourth-order valence-corrected chi connectivity index (χ4v) is 5.89. The van der Waals surface area contributed by atoms with Crippen molar-refractivity contribution in [1.82, 2.24) is 0 Å². The van der Waals surface area contributed by atoms with Crippen molar-refractivity contribution in [2.45, 2.75) is 4.90 Å². The molecule has 0 aromatic heterocycles. The Bertz CT molecular complexity index is 1860. The summed E-state index contributed by atoms with van der Waals surface area (Å²) in [5.74, 6) is 0. The van der Waals surface area contributed by atoms with Gasteiger partial charge in [0.1, 0.15) is 0 Å². The summed E-state index contributed by atoms with van der Waals surface area (Å²) >= 11 is 4.52. The Morgan fingerprint density at radius 2 is 0.730 bits per heavy atom. The first-order valence-corrected chi connectivity index (χ1v) is 13.0. The topological polar surface area (TPSA) is 0 Å². The van der Waals surface area contributed by atoms with Gasteiger partial charge in [-0.3, -0.25) is 0 Å². The van der Waals surface area contributed by atoms with E-state index in [1.807, 2.05) is 0 Å². The minimum Gasteiger partial charge on any atom is -0.143 e. The highest BCUT2D eigenvalue weighted by Crippen LogP contribution is 2.46. The lowest BCUT2D eigenvalue weighted by molar-refractivity contribution is 1.48. The van der Waals surface area contributed by atoms with Crippen LogP contribution in [0, 0.1) is 0 Å². The molecule has 0 nitrogen and oxygen atoms in total. The monoisotopic (exact) mass is 488 g/mol. The van der Waals surface area contributed by atoms with Crippen LogP contribution in [0.3, 0.4) is 0 Å². The number of rotatable bonds is 3. The van der Waals surface area contributed by atoms with E-state index >= 15 is 0 Å². The zero-order valence-corrected chi connectivity index (χ0v) is 21.1. The van der Waals surface area contributed by atoms with E-state index in [4.69, 9.17) is 0 Å². The van der Waals surface area contributed by atoms with Crippen molar-refractivity contribution < 1.29 is 0 Å². The summed E-state index contributed by atoms with van der Waals surface area (Å²) in [6, 6.07) is 50.3. The van der Waals surface area contributed by atoms with Crippen molar-refractivity contribution in [3.8, 4) is 33.4 Å². The molecule has 0 atom stereocenters. The Morgan fingerprint density at radius 1 is 0.297 bits per heavy atom. The summed E-state index contributed by atoms with van der Waals surface area (Å²) in [5.41, 5.74) is 7.53. The van der Waals surface area contributed by atoms with Crippen LogP contribution in [0.2, 0.25) is 0 Å². The predicted octanol–water partition coefficient (Wildman–Crippen LogP) is 10.4. The fourth-order valence-electron chi connectivity index (χ4n) is 5.74. The molecular weight excluding hydrogens is 464 g/mol. The molecule has 7 rings (SSSR count).